The van der Waals surface area contributed by atoms with Crippen molar-refractivity contribution in [2.45, 2.75) is 37.8 Å². The lowest BCUT2D eigenvalue weighted by atomic mass is 9.89. The van der Waals surface area contributed by atoms with E-state index in [1.165, 1.54) is 19.3 Å². The van der Waals surface area contributed by atoms with Crippen molar-refractivity contribution in [2.75, 3.05) is 11.9 Å². The highest BCUT2D eigenvalue weighted by atomic mass is 16.3. The molecule has 0 amide bonds. The van der Waals surface area contributed by atoms with Crippen molar-refractivity contribution < 1.29 is 5.11 Å². The summed E-state index contributed by atoms with van der Waals surface area (Å²) in [5, 5.41) is 16.9. The Kier molecular flexibility index (Phi) is 2.48. The molecule has 1 aromatic rings. The number of nitrogens with one attached hydrogen (secondary N) is 2. The third kappa shape index (κ3) is 1.65. The lowest BCUT2D eigenvalue weighted by molar-refractivity contribution is 0.295. The monoisotopic (exact) mass is 218 g/mol. The van der Waals surface area contributed by atoms with Gasteiger partial charge in [-0.3, -0.25) is 0 Å². The average molecular weight is 218 g/mol. The number of rotatable bonds is 2. The second-order valence-corrected chi connectivity index (χ2v) is 4.80. The summed E-state index contributed by atoms with van der Waals surface area (Å²) in [6.07, 6.45) is 4.97. The standard InChI is InChI=1S/C13H18N2O/c16-12-6-2-5-10-13(12)11(7-8-14-10)15-9-3-1-4-9/h2,5-6,9,11,14-16H,1,3-4,7-8H2. The Morgan fingerprint density at radius 3 is 2.88 bits per heavy atom. The molecule has 1 aliphatic heterocycles. The van der Waals surface area contributed by atoms with Crippen molar-refractivity contribution in [3.63, 3.8) is 0 Å². The Labute approximate surface area is 95.9 Å². The molecule has 0 spiro atoms. The van der Waals surface area contributed by atoms with Crippen molar-refractivity contribution in [2.24, 2.45) is 0 Å². The molecule has 2 aliphatic rings. The molecule has 0 radical (unpaired) electrons. The van der Waals surface area contributed by atoms with Gasteiger partial charge in [-0.05, 0) is 31.4 Å². The van der Waals surface area contributed by atoms with Crippen LogP contribution in [0.15, 0.2) is 18.2 Å². The first-order chi connectivity index (χ1) is 7.84. The van der Waals surface area contributed by atoms with Gasteiger partial charge in [0.1, 0.15) is 5.75 Å². The number of phenols is 1. The van der Waals surface area contributed by atoms with Gasteiger partial charge in [0.15, 0.2) is 0 Å². The van der Waals surface area contributed by atoms with Crippen LogP contribution in [0, 0.1) is 0 Å². The molecule has 1 heterocycles. The van der Waals surface area contributed by atoms with Gasteiger partial charge in [-0.2, -0.15) is 0 Å². The van der Waals surface area contributed by atoms with Crippen LogP contribution in [0.3, 0.4) is 0 Å². The number of hydrogen-bond acceptors (Lipinski definition) is 3. The Morgan fingerprint density at radius 2 is 2.12 bits per heavy atom. The van der Waals surface area contributed by atoms with Gasteiger partial charge in [-0.1, -0.05) is 12.5 Å². The minimum Gasteiger partial charge on any atom is -0.508 e. The second-order valence-electron chi connectivity index (χ2n) is 4.80. The first kappa shape index (κ1) is 9.97. The van der Waals surface area contributed by atoms with E-state index < -0.39 is 0 Å². The van der Waals surface area contributed by atoms with Crippen molar-refractivity contribution >= 4 is 5.69 Å². The van der Waals surface area contributed by atoms with Gasteiger partial charge in [0, 0.05) is 29.9 Å². The molecule has 16 heavy (non-hydrogen) atoms. The fraction of sp³-hybridized carbons (Fsp3) is 0.538. The van der Waals surface area contributed by atoms with Crippen LogP contribution >= 0.6 is 0 Å². The third-order valence-corrected chi connectivity index (χ3v) is 3.72. The molecule has 0 bridgehead atoms. The summed E-state index contributed by atoms with van der Waals surface area (Å²) in [6, 6.07) is 6.70. The maximum absolute atomic E-state index is 9.95. The predicted molar refractivity (Wildman–Crippen MR) is 64.7 cm³/mol. The quantitative estimate of drug-likeness (QED) is 0.714. The Hall–Kier alpha value is -1.22. The van der Waals surface area contributed by atoms with E-state index in [0.717, 1.165) is 24.2 Å². The summed E-state index contributed by atoms with van der Waals surface area (Å²) in [5.41, 5.74) is 2.14. The molecular weight excluding hydrogens is 200 g/mol. The van der Waals surface area contributed by atoms with Crippen LogP contribution in [-0.4, -0.2) is 17.7 Å². The molecule has 3 rings (SSSR count). The van der Waals surface area contributed by atoms with Gasteiger partial charge >= 0.3 is 0 Å². The molecule has 1 aliphatic carbocycles. The maximum Gasteiger partial charge on any atom is 0.122 e. The predicted octanol–water partition coefficient (Wildman–Crippen LogP) is 2.39. The van der Waals surface area contributed by atoms with Crippen LogP contribution in [0.5, 0.6) is 5.75 Å². The van der Waals surface area contributed by atoms with E-state index in [9.17, 15) is 5.11 Å². The molecule has 3 N–H and O–H groups in total. The molecule has 3 nitrogen and oxygen atoms in total. The van der Waals surface area contributed by atoms with Crippen LogP contribution in [-0.2, 0) is 0 Å². The zero-order valence-corrected chi connectivity index (χ0v) is 9.37. The summed E-state index contributed by atoms with van der Waals surface area (Å²) in [7, 11) is 0. The number of fused-ring (bicyclic) bond motifs is 1. The van der Waals surface area contributed by atoms with Crippen molar-refractivity contribution in [3.8, 4) is 5.75 Å². The highest BCUT2D eigenvalue weighted by Gasteiger charge is 2.27. The summed E-state index contributed by atoms with van der Waals surface area (Å²) in [5.74, 6) is 0.418. The number of anilines is 1. The van der Waals surface area contributed by atoms with Gasteiger partial charge in [-0.25, -0.2) is 0 Å². The summed E-state index contributed by atoms with van der Waals surface area (Å²) in [6.45, 7) is 0.987. The van der Waals surface area contributed by atoms with E-state index in [0.29, 0.717) is 17.8 Å². The maximum atomic E-state index is 9.95. The SMILES string of the molecule is Oc1cccc2c1C(NC1CCC1)CCN2. The van der Waals surface area contributed by atoms with Gasteiger partial charge < -0.3 is 15.7 Å². The lowest BCUT2D eigenvalue weighted by Crippen LogP contribution is -2.40. The molecule has 1 aromatic carbocycles. The molecule has 86 valence electrons. The van der Waals surface area contributed by atoms with Crippen LogP contribution in [0.25, 0.3) is 0 Å². The summed E-state index contributed by atoms with van der Waals surface area (Å²) in [4.78, 5) is 0. The molecular formula is C13H18N2O. The van der Waals surface area contributed by atoms with E-state index in [4.69, 9.17) is 0 Å². The van der Waals surface area contributed by atoms with Crippen LogP contribution in [0.2, 0.25) is 0 Å². The first-order valence-corrected chi connectivity index (χ1v) is 6.16. The first-order valence-electron chi connectivity index (χ1n) is 6.16. The van der Waals surface area contributed by atoms with E-state index in [1.54, 1.807) is 6.07 Å². The molecule has 0 aromatic heterocycles. The Morgan fingerprint density at radius 1 is 1.25 bits per heavy atom. The molecule has 1 saturated carbocycles. The molecule has 0 saturated heterocycles. The normalized spacial score (nSPS) is 24.4. The smallest absolute Gasteiger partial charge is 0.122 e. The number of hydrogen-bond donors (Lipinski definition) is 3. The molecule has 1 atom stereocenters. The summed E-state index contributed by atoms with van der Waals surface area (Å²) < 4.78 is 0. The average Bonchev–Trinajstić information content (AvgIpc) is 2.24. The largest absolute Gasteiger partial charge is 0.508 e. The van der Waals surface area contributed by atoms with Crippen molar-refractivity contribution in [1.29, 1.82) is 0 Å². The summed E-state index contributed by atoms with van der Waals surface area (Å²) >= 11 is 0. The lowest BCUT2D eigenvalue weighted by Gasteiger charge is -2.35. The number of aromatic hydroxyl groups is 1. The van der Waals surface area contributed by atoms with E-state index >= 15 is 0 Å². The van der Waals surface area contributed by atoms with E-state index in [2.05, 4.69) is 10.6 Å². The van der Waals surface area contributed by atoms with Crippen molar-refractivity contribution in [3.05, 3.63) is 23.8 Å². The zero-order chi connectivity index (χ0) is 11.0. The van der Waals surface area contributed by atoms with Gasteiger partial charge in [0.25, 0.3) is 0 Å². The Bertz CT molecular complexity index is 388. The van der Waals surface area contributed by atoms with E-state index in [-0.39, 0.29) is 0 Å². The molecule has 1 fully saturated rings. The second kappa shape index (κ2) is 3.98. The fourth-order valence-corrected chi connectivity index (χ4v) is 2.59. The molecule has 3 heteroatoms. The number of benzene rings is 1. The number of phenolic OH excluding ortho intramolecular Hbond substituents is 1. The van der Waals surface area contributed by atoms with Crippen molar-refractivity contribution in [1.82, 2.24) is 5.32 Å². The third-order valence-electron chi connectivity index (χ3n) is 3.72. The highest BCUT2D eigenvalue weighted by Crippen LogP contribution is 2.37. The fourth-order valence-electron chi connectivity index (χ4n) is 2.59. The van der Waals surface area contributed by atoms with E-state index in [1.807, 2.05) is 12.1 Å². The van der Waals surface area contributed by atoms with Crippen LogP contribution < -0.4 is 10.6 Å². The van der Waals surface area contributed by atoms with Gasteiger partial charge in [-0.15, -0.1) is 0 Å². The highest BCUT2D eigenvalue weighted by molar-refractivity contribution is 5.60. The van der Waals surface area contributed by atoms with Gasteiger partial charge in [0.2, 0.25) is 0 Å². The van der Waals surface area contributed by atoms with Crippen LogP contribution in [0.1, 0.15) is 37.3 Å². The Balaban J connectivity index is 1.86. The van der Waals surface area contributed by atoms with Crippen LogP contribution in [0.4, 0.5) is 5.69 Å². The minimum atomic E-state index is 0.322. The van der Waals surface area contributed by atoms with Gasteiger partial charge in [0.05, 0.1) is 0 Å². The topological polar surface area (TPSA) is 44.3 Å². The zero-order valence-electron chi connectivity index (χ0n) is 9.37. The minimum absolute atomic E-state index is 0.322. The molecule has 1 unspecified atom stereocenters.